The molecule has 0 unspecified atom stereocenters. The van der Waals surface area contributed by atoms with Gasteiger partial charge in [0.15, 0.2) is 5.03 Å². The first kappa shape index (κ1) is 16.1. The predicted octanol–water partition coefficient (Wildman–Crippen LogP) is 0.993. The van der Waals surface area contributed by atoms with Crippen LogP contribution in [0.5, 0.6) is 0 Å². The summed E-state index contributed by atoms with van der Waals surface area (Å²) in [6, 6.07) is -0.214. The van der Waals surface area contributed by atoms with Gasteiger partial charge in [0.05, 0.1) is 6.61 Å². The number of hydrogen-bond acceptors (Lipinski definition) is 4. The number of rotatable bonds is 7. The number of nitrogens with zero attached hydrogens (tertiary/aromatic N) is 3. The number of aromatic nitrogens is 2. The molecule has 1 N–H and O–H groups in total. The van der Waals surface area contributed by atoms with Crippen molar-refractivity contribution < 1.29 is 13.5 Å². The first-order valence-electron chi connectivity index (χ1n) is 6.51. The van der Waals surface area contributed by atoms with Crippen LogP contribution in [0, 0.1) is 6.92 Å². The van der Waals surface area contributed by atoms with E-state index in [2.05, 4.69) is 4.98 Å². The lowest BCUT2D eigenvalue weighted by Gasteiger charge is -2.23. The van der Waals surface area contributed by atoms with Crippen LogP contribution in [0.25, 0.3) is 0 Å². The van der Waals surface area contributed by atoms with Gasteiger partial charge in [-0.3, -0.25) is 0 Å². The maximum absolute atomic E-state index is 12.5. The number of aliphatic hydroxyl groups is 1. The number of hydrogen-bond donors (Lipinski definition) is 1. The second-order valence-electron chi connectivity index (χ2n) is 4.75. The SMILES string of the molecule is CCCn1cc(S(=O)(=O)N(CCO)C(C)C)nc1C. The first-order chi connectivity index (χ1) is 8.84. The van der Waals surface area contributed by atoms with Crippen molar-refractivity contribution in [2.75, 3.05) is 13.2 Å². The summed E-state index contributed by atoms with van der Waals surface area (Å²) in [5.74, 6) is 0.688. The lowest BCUT2D eigenvalue weighted by atomic mass is 10.4. The minimum absolute atomic E-state index is 0.0561. The highest BCUT2D eigenvalue weighted by Gasteiger charge is 2.29. The molecule has 19 heavy (non-hydrogen) atoms. The van der Waals surface area contributed by atoms with Crippen molar-refractivity contribution in [1.82, 2.24) is 13.9 Å². The van der Waals surface area contributed by atoms with Crippen LogP contribution in [-0.4, -0.2) is 46.6 Å². The molecule has 0 bridgehead atoms. The zero-order chi connectivity index (χ0) is 14.6. The number of imidazole rings is 1. The third-order valence-corrected chi connectivity index (χ3v) is 4.83. The molecule has 6 nitrogen and oxygen atoms in total. The van der Waals surface area contributed by atoms with Crippen LogP contribution in [0.3, 0.4) is 0 Å². The van der Waals surface area contributed by atoms with Crippen molar-refractivity contribution >= 4 is 10.0 Å². The molecule has 0 aliphatic carbocycles. The van der Waals surface area contributed by atoms with E-state index in [-0.39, 0.29) is 24.2 Å². The lowest BCUT2D eigenvalue weighted by Crippen LogP contribution is -2.39. The van der Waals surface area contributed by atoms with Crippen molar-refractivity contribution in [2.45, 2.75) is 51.7 Å². The highest BCUT2D eigenvalue weighted by Crippen LogP contribution is 2.17. The topological polar surface area (TPSA) is 75.4 Å². The Morgan fingerprint density at radius 1 is 1.47 bits per heavy atom. The maximum atomic E-state index is 12.5. The van der Waals surface area contributed by atoms with Gasteiger partial charge in [-0.15, -0.1) is 0 Å². The molecule has 0 spiro atoms. The van der Waals surface area contributed by atoms with E-state index in [1.165, 1.54) is 4.31 Å². The van der Waals surface area contributed by atoms with E-state index in [1.807, 2.05) is 11.5 Å². The monoisotopic (exact) mass is 289 g/mol. The molecule has 1 aromatic rings. The molecule has 0 aromatic carbocycles. The molecule has 0 atom stereocenters. The Labute approximate surface area is 115 Å². The standard InChI is InChI=1S/C12H23N3O3S/c1-5-6-14-9-12(13-11(14)4)19(17,18)15(7-8-16)10(2)3/h9-10,16H,5-8H2,1-4H3. The zero-order valence-electron chi connectivity index (χ0n) is 12.0. The molecular weight excluding hydrogens is 266 g/mol. The van der Waals surface area contributed by atoms with Crippen LogP contribution in [-0.2, 0) is 16.6 Å². The van der Waals surface area contributed by atoms with Crippen molar-refractivity contribution in [3.05, 3.63) is 12.0 Å². The van der Waals surface area contributed by atoms with Crippen LogP contribution >= 0.6 is 0 Å². The molecular formula is C12H23N3O3S. The molecule has 7 heteroatoms. The van der Waals surface area contributed by atoms with E-state index in [0.717, 1.165) is 13.0 Å². The summed E-state index contributed by atoms with van der Waals surface area (Å²) in [7, 11) is -3.64. The second kappa shape index (κ2) is 6.49. The summed E-state index contributed by atoms with van der Waals surface area (Å²) in [5.41, 5.74) is 0. The molecule has 0 amide bonds. The largest absolute Gasteiger partial charge is 0.395 e. The normalized spacial score (nSPS) is 12.6. The second-order valence-corrected chi connectivity index (χ2v) is 6.59. The fourth-order valence-electron chi connectivity index (χ4n) is 1.95. The molecule has 0 radical (unpaired) electrons. The van der Waals surface area contributed by atoms with Gasteiger partial charge in [0.2, 0.25) is 0 Å². The maximum Gasteiger partial charge on any atom is 0.262 e. The summed E-state index contributed by atoms with van der Waals surface area (Å²) < 4.78 is 28.1. The van der Waals surface area contributed by atoms with E-state index in [4.69, 9.17) is 5.11 Å². The highest BCUT2D eigenvalue weighted by atomic mass is 32.2. The minimum atomic E-state index is -3.64. The Bertz CT molecular complexity index is 508. The minimum Gasteiger partial charge on any atom is -0.395 e. The van der Waals surface area contributed by atoms with E-state index in [1.54, 1.807) is 27.0 Å². The van der Waals surface area contributed by atoms with Gasteiger partial charge in [-0.25, -0.2) is 13.4 Å². The number of aryl methyl sites for hydroxylation is 2. The van der Waals surface area contributed by atoms with Crippen LogP contribution in [0.2, 0.25) is 0 Å². The molecule has 1 aromatic heterocycles. The van der Waals surface area contributed by atoms with Crippen molar-refractivity contribution in [2.24, 2.45) is 0 Å². The summed E-state index contributed by atoms with van der Waals surface area (Å²) in [4.78, 5) is 4.14. The van der Waals surface area contributed by atoms with Crippen LogP contribution in [0.1, 0.15) is 33.0 Å². The number of sulfonamides is 1. The quantitative estimate of drug-likeness (QED) is 0.812. The van der Waals surface area contributed by atoms with Gasteiger partial charge < -0.3 is 9.67 Å². The van der Waals surface area contributed by atoms with Gasteiger partial charge >= 0.3 is 0 Å². The Morgan fingerprint density at radius 3 is 2.58 bits per heavy atom. The smallest absolute Gasteiger partial charge is 0.262 e. The van der Waals surface area contributed by atoms with E-state index >= 15 is 0 Å². The molecule has 1 heterocycles. The summed E-state index contributed by atoms with van der Waals surface area (Å²) in [6.07, 6.45) is 2.49. The van der Waals surface area contributed by atoms with Crippen molar-refractivity contribution in [1.29, 1.82) is 0 Å². The fraction of sp³-hybridized carbons (Fsp3) is 0.750. The Kier molecular flexibility index (Phi) is 5.51. The van der Waals surface area contributed by atoms with Gasteiger partial charge in [0.25, 0.3) is 10.0 Å². The van der Waals surface area contributed by atoms with Crippen molar-refractivity contribution in [3.63, 3.8) is 0 Å². The van der Waals surface area contributed by atoms with Gasteiger partial charge in [-0.05, 0) is 27.2 Å². The Morgan fingerprint density at radius 2 is 2.11 bits per heavy atom. The molecule has 0 saturated heterocycles. The van der Waals surface area contributed by atoms with Gasteiger partial charge in [-0.1, -0.05) is 6.92 Å². The van der Waals surface area contributed by atoms with Crippen LogP contribution in [0.4, 0.5) is 0 Å². The number of aliphatic hydroxyl groups excluding tert-OH is 1. The van der Waals surface area contributed by atoms with E-state index < -0.39 is 10.0 Å². The zero-order valence-corrected chi connectivity index (χ0v) is 12.8. The van der Waals surface area contributed by atoms with Crippen molar-refractivity contribution in [3.8, 4) is 0 Å². The third kappa shape index (κ3) is 3.55. The summed E-state index contributed by atoms with van der Waals surface area (Å²) >= 11 is 0. The van der Waals surface area contributed by atoms with Crippen LogP contribution in [0.15, 0.2) is 11.2 Å². The molecule has 110 valence electrons. The molecule has 1 rings (SSSR count). The predicted molar refractivity (Wildman–Crippen MR) is 73.4 cm³/mol. The summed E-state index contributed by atoms with van der Waals surface area (Å²) in [6.45, 7) is 8.01. The van der Waals surface area contributed by atoms with E-state index in [9.17, 15) is 8.42 Å². The van der Waals surface area contributed by atoms with E-state index in [0.29, 0.717) is 5.82 Å². The highest BCUT2D eigenvalue weighted by molar-refractivity contribution is 7.89. The van der Waals surface area contributed by atoms with Crippen LogP contribution < -0.4 is 0 Å². The van der Waals surface area contributed by atoms with Gasteiger partial charge in [0, 0.05) is 25.3 Å². The molecule has 0 fully saturated rings. The fourth-order valence-corrected chi connectivity index (χ4v) is 3.57. The average molecular weight is 289 g/mol. The Hall–Kier alpha value is -0.920. The average Bonchev–Trinajstić information content (AvgIpc) is 2.68. The molecule has 0 aliphatic heterocycles. The summed E-state index contributed by atoms with van der Waals surface area (Å²) in [5, 5.41) is 9.06. The molecule has 0 aliphatic rings. The molecule has 0 saturated carbocycles. The van der Waals surface area contributed by atoms with Gasteiger partial charge in [0.1, 0.15) is 5.82 Å². The first-order valence-corrected chi connectivity index (χ1v) is 7.95. The lowest BCUT2D eigenvalue weighted by molar-refractivity contribution is 0.236. The van der Waals surface area contributed by atoms with Gasteiger partial charge in [-0.2, -0.15) is 4.31 Å². The Balaban J connectivity index is 3.14. The third-order valence-electron chi connectivity index (χ3n) is 2.89.